The molecule has 1 saturated heterocycles. The minimum absolute atomic E-state index is 0.724. The summed E-state index contributed by atoms with van der Waals surface area (Å²) < 4.78 is 0. The summed E-state index contributed by atoms with van der Waals surface area (Å²) in [4.78, 5) is 23.6. The largest absolute Gasteiger partial charge is 0.370 e. The molecule has 3 rings (SSSR count). The zero-order chi connectivity index (χ0) is 16.6. The summed E-state index contributed by atoms with van der Waals surface area (Å²) in [6.07, 6.45) is 4.80. The predicted octanol–water partition coefficient (Wildman–Crippen LogP) is 1.80. The molecule has 0 atom stereocenters. The average molecular weight is 325 g/mol. The highest BCUT2D eigenvalue weighted by Crippen LogP contribution is 2.13. The fourth-order valence-corrected chi connectivity index (χ4v) is 2.78. The van der Waals surface area contributed by atoms with E-state index in [1.807, 2.05) is 12.1 Å². The van der Waals surface area contributed by atoms with Crippen LogP contribution in [0.25, 0.3) is 0 Å². The van der Waals surface area contributed by atoms with Crippen LogP contribution in [0.5, 0.6) is 0 Å². The van der Waals surface area contributed by atoms with E-state index in [1.165, 1.54) is 5.56 Å². The van der Waals surface area contributed by atoms with E-state index in [4.69, 9.17) is 0 Å². The molecule has 1 aliphatic heterocycles. The lowest BCUT2D eigenvalue weighted by molar-refractivity contribution is -0.118. The molecule has 0 bridgehead atoms. The quantitative estimate of drug-likeness (QED) is 0.621. The lowest BCUT2D eigenvalue weighted by atomic mass is 10.1. The third-order valence-corrected chi connectivity index (χ3v) is 4.18. The van der Waals surface area contributed by atoms with Gasteiger partial charge in [-0.25, -0.2) is 4.98 Å². The van der Waals surface area contributed by atoms with Gasteiger partial charge >= 0.3 is 0 Å². The third-order valence-electron chi connectivity index (χ3n) is 4.18. The number of piperazine rings is 1. The van der Waals surface area contributed by atoms with Crippen molar-refractivity contribution in [2.45, 2.75) is 12.8 Å². The molecule has 24 heavy (non-hydrogen) atoms. The highest BCUT2D eigenvalue weighted by atomic mass is 16.1. The molecule has 0 saturated carbocycles. The molecule has 1 amide bonds. The van der Waals surface area contributed by atoms with Crippen LogP contribution >= 0.6 is 0 Å². The SMILES string of the molecule is O=CN1CCN(c2nccc(NCCCc3ccccc3)n2)CC1. The predicted molar refractivity (Wildman–Crippen MR) is 95.1 cm³/mol. The van der Waals surface area contributed by atoms with E-state index < -0.39 is 0 Å². The molecule has 2 aromatic rings. The lowest BCUT2D eigenvalue weighted by Gasteiger charge is -2.32. The first-order valence-corrected chi connectivity index (χ1v) is 8.40. The zero-order valence-electron chi connectivity index (χ0n) is 13.8. The minimum atomic E-state index is 0.724. The smallest absolute Gasteiger partial charge is 0.227 e. The van der Waals surface area contributed by atoms with E-state index in [2.05, 4.69) is 44.5 Å². The van der Waals surface area contributed by atoms with Crippen molar-refractivity contribution in [3.63, 3.8) is 0 Å². The Morgan fingerprint density at radius 2 is 1.88 bits per heavy atom. The number of rotatable bonds is 7. The van der Waals surface area contributed by atoms with Crippen molar-refractivity contribution in [2.75, 3.05) is 42.9 Å². The number of hydrogen-bond donors (Lipinski definition) is 1. The molecular formula is C18H23N5O. The van der Waals surface area contributed by atoms with Crippen LogP contribution in [-0.2, 0) is 11.2 Å². The molecule has 1 N–H and O–H groups in total. The van der Waals surface area contributed by atoms with Crippen molar-refractivity contribution in [1.29, 1.82) is 0 Å². The summed E-state index contributed by atoms with van der Waals surface area (Å²) in [6.45, 7) is 3.87. The third kappa shape index (κ3) is 4.44. The van der Waals surface area contributed by atoms with Crippen LogP contribution in [0.3, 0.4) is 0 Å². The van der Waals surface area contributed by atoms with Crippen LogP contribution in [0.15, 0.2) is 42.6 Å². The van der Waals surface area contributed by atoms with E-state index in [0.29, 0.717) is 0 Å². The topological polar surface area (TPSA) is 61.4 Å². The summed E-state index contributed by atoms with van der Waals surface area (Å²) in [5, 5.41) is 3.37. The number of amides is 1. The number of aromatic nitrogens is 2. The lowest BCUT2D eigenvalue weighted by Crippen LogP contribution is -2.46. The minimum Gasteiger partial charge on any atom is -0.370 e. The van der Waals surface area contributed by atoms with Crippen molar-refractivity contribution < 1.29 is 4.79 Å². The van der Waals surface area contributed by atoms with Gasteiger partial charge in [-0.1, -0.05) is 30.3 Å². The van der Waals surface area contributed by atoms with E-state index in [9.17, 15) is 4.79 Å². The number of carbonyl (C=O) groups excluding carboxylic acids is 1. The van der Waals surface area contributed by atoms with Gasteiger partial charge in [-0.2, -0.15) is 4.98 Å². The van der Waals surface area contributed by atoms with Gasteiger partial charge < -0.3 is 15.1 Å². The molecule has 1 aliphatic rings. The number of hydrogen-bond acceptors (Lipinski definition) is 5. The molecule has 1 aromatic heterocycles. The van der Waals surface area contributed by atoms with Crippen molar-refractivity contribution in [1.82, 2.24) is 14.9 Å². The zero-order valence-corrected chi connectivity index (χ0v) is 13.8. The second-order valence-electron chi connectivity index (χ2n) is 5.89. The van der Waals surface area contributed by atoms with Gasteiger partial charge in [0.25, 0.3) is 0 Å². The molecule has 1 fully saturated rings. The van der Waals surface area contributed by atoms with Crippen LogP contribution in [0.1, 0.15) is 12.0 Å². The molecule has 6 heteroatoms. The second kappa shape index (κ2) is 8.29. The number of benzene rings is 1. The second-order valence-corrected chi connectivity index (χ2v) is 5.89. The molecule has 2 heterocycles. The van der Waals surface area contributed by atoms with Gasteiger partial charge in [0.15, 0.2) is 0 Å². The van der Waals surface area contributed by atoms with E-state index in [1.54, 1.807) is 11.1 Å². The monoisotopic (exact) mass is 325 g/mol. The molecule has 6 nitrogen and oxygen atoms in total. The maximum Gasteiger partial charge on any atom is 0.227 e. The standard InChI is InChI=1S/C18H23N5O/c24-15-22-11-13-23(14-12-22)18-20-10-8-17(21-18)19-9-4-7-16-5-2-1-3-6-16/h1-3,5-6,8,10,15H,4,7,9,11-14H2,(H,19,20,21). The van der Waals surface area contributed by atoms with Gasteiger partial charge in [0.05, 0.1) is 0 Å². The van der Waals surface area contributed by atoms with Crippen molar-refractivity contribution >= 4 is 18.2 Å². The van der Waals surface area contributed by atoms with E-state index in [-0.39, 0.29) is 0 Å². The van der Waals surface area contributed by atoms with Crippen LogP contribution in [0, 0.1) is 0 Å². The Morgan fingerprint density at radius 3 is 2.62 bits per heavy atom. The number of aryl methyl sites for hydroxylation is 1. The van der Waals surface area contributed by atoms with Crippen LogP contribution in [0.2, 0.25) is 0 Å². The molecule has 0 spiro atoms. The molecule has 0 unspecified atom stereocenters. The van der Waals surface area contributed by atoms with Crippen LogP contribution in [-0.4, -0.2) is 54.0 Å². The highest BCUT2D eigenvalue weighted by Gasteiger charge is 2.17. The Hall–Kier alpha value is -2.63. The summed E-state index contributed by atoms with van der Waals surface area (Å²) >= 11 is 0. The molecule has 126 valence electrons. The van der Waals surface area contributed by atoms with Gasteiger partial charge in [0.1, 0.15) is 5.82 Å². The number of nitrogens with zero attached hydrogens (tertiary/aromatic N) is 4. The Kier molecular flexibility index (Phi) is 5.61. The Bertz CT molecular complexity index is 641. The van der Waals surface area contributed by atoms with Gasteiger partial charge in [0, 0.05) is 38.9 Å². The van der Waals surface area contributed by atoms with Crippen molar-refractivity contribution in [2.24, 2.45) is 0 Å². The van der Waals surface area contributed by atoms with Crippen molar-refractivity contribution in [3.05, 3.63) is 48.2 Å². The Balaban J connectivity index is 1.47. The fourth-order valence-electron chi connectivity index (χ4n) is 2.78. The van der Waals surface area contributed by atoms with E-state index in [0.717, 1.165) is 63.7 Å². The molecule has 1 aromatic carbocycles. The fraction of sp³-hybridized carbons (Fsp3) is 0.389. The first kappa shape index (κ1) is 16.2. The summed E-state index contributed by atoms with van der Waals surface area (Å²) in [5.74, 6) is 1.58. The average Bonchev–Trinajstić information content (AvgIpc) is 2.66. The molecular weight excluding hydrogens is 302 g/mol. The van der Waals surface area contributed by atoms with Gasteiger partial charge in [-0.05, 0) is 24.5 Å². The number of carbonyl (C=O) groups is 1. The summed E-state index contributed by atoms with van der Waals surface area (Å²) in [6, 6.07) is 12.4. The highest BCUT2D eigenvalue weighted by molar-refractivity contribution is 5.49. The Morgan fingerprint density at radius 1 is 1.08 bits per heavy atom. The Labute approximate surface area is 142 Å². The number of anilines is 2. The van der Waals surface area contributed by atoms with Gasteiger partial charge in [0.2, 0.25) is 12.4 Å². The summed E-state index contributed by atoms with van der Waals surface area (Å²) in [5.41, 5.74) is 1.36. The first-order chi connectivity index (χ1) is 11.8. The van der Waals surface area contributed by atoms with Crippen LogP contribution in [0.4, 0.5) is 11.8 Å². The van der Waals surface area contributed by atoms with E-state index >= 15 is 0 Å². The van der Waals surface area contributed by atoms with Gasteiger partial charge in [-0.3, -0.25) is 4.79 Å². The van der Waals surface area contributed by atoms with Crippen LogP contribution < -0.4 is 10.2 Å². The molecule has 0 radical (unpaired) electrons. The van der Waals surface area contributed by atoms with Crippen molar-refractivity contribution in [3.8, 4) is 0 Å². The maximum absolute atomic E-state index is 10.8. The normalized spacial score (nSPS) is 14.5. The number of nitrogens with one attached hydrogen (secondary N) is 1. The summed E-state index contributed by atoms with van der Waals surface area (Å²) in [7, 11) is 0. The first-order valence-electron chi connectivity index (χ1n) is 8.40. The molecule has 0 aliphatic carbocycles. The van der Waals surface area contributed by atoms with Gasteiger partial charge in [-0.15, -0.1) is 0 Å². The maximum atomic E-state index is 10.8.